The molecule has 0 aliphatic carbocycles. The van der Waals surface area contributed by atoms with Gasteiger partial charge in [-0.3, -0.25) is 14.9 Å². The molecule has 3 rings (SSSR count). The van der Waals surface area contributed by atoms with Crippen LogP contribution in [0.1, 0.15) is 39.1 Å². The molecule has 5 nitrogen and oxygen atoms in total. The van der Waals surface area contributed by atoms with Crippen molar-refractivity contribution in [3.63, 3.8) is 0 Å². The number of rotatable bonds is 4. The van der Waals surface area contributed by atoms with Crippen LogP contribution in [0.3, 0.4) is 0 Å². The number of hydrogen-bond donors (Lipinski definition) is 2. The molecule has 2 heterocycles. The first-order chi connectivity index (χ1) is 9.75. The average molecular weight is 274 g/mol. The maximum atomic E-state index is 11.8. The number of carbonyl (C=O) groups excluding carboxylic acids is 2. The molecule has 2 N–H and O–H groups in total. The smallest absolute Gasteiger partial charge is 0.259 e. The number of nitrogens with one attached hydrogen (secondary N) is 2. The Labute approximate surface area is 117 Å². The number of carbonyl (C=O) groups is 2. The van der Waals surface area contributed by atoms with E-state index in [1.807, 2.05) is 12.1 Å². The minimum absolute atomic E-state index is 0.260. The molecular weight excluding hydrogens is 256 g/mol. The lowest BCUT2D eigenvalue weighted by molar-refractivity contribution is 0.0225. The van der Waals surface area contributed by atoms with Crippen molar-refractivity contribution >= 4 is 11.8 Å². The summed E-state index contributed by atoms with van der Waals surface area (Å²) in [7, 11) is 0. The Morgan fingerprint density at radius 2 is 2.15 bits per heavy atom. The van der Waals surface area contributed by atoms with Crippen LogP contribution in [-0.2, 0) is 11.2 Å². The maximum absolute atomic E-state index is 11.8. The molecule has 1 saturated heterocycles. The van der Waals surface area contributed by atoms with Crippen LogP contribution in [0.15, 0.2) is 18.2 Å². The Kier molecular flexibility index (Phi) is 3.80. The van der Waals surface area contributed by atoms with Gasteiger partial charge in [0.15, 0.2) is 0 Å². The standard InChI is InChI=1S/C15H18N2O3/c18-14-12-6-2-4-10(13(12)15(19)17-14)3-1-5-11-9-16-7-8-20-11/h2,4,6,11,16H,1,3,5,7-9H2,(H,17,18,19). The van der Waals surface area contributed by atoms with Gasteiger partial charge < -0.3 is 10.1 Å². The van der Waals surface area contributed by atoms with E-state index in [-0.39, 0.29) is 17.9 Å². The number of amides is 2. The van der Waals surface area contributed by atoms with Crippen LogP contribution >= 0.6 is 0 Å². The van der Waals surface area contributed by atoms with E-state index in [1.54, 1.807) is 6.07 Å². The molecule has 1 atom stereocenters. The van der Waals surface area contributed by atoms with Crippen LogP contribution in [0.2, 0.25) is 0 Å². The first-order valence-electron chi connectivity index (χ1n) is 7.05. The molecule has 2 aliphatic rings. The van der Waals surface area contributed by atoms with Crippen molar-refractivity contribution in [3.05, 3.63) is 34.9 Å². The molecule has 0 radical (unpaired) electrons. The van der Waals surface area contributed by atoms with E-state index in [4.69, 9.17) is 4.74 Å². The minimum Gasteiger partial charge on any atom is -0.376 e. The van der Waals surface area contributed by atoms with Crippen molar-refractivity contribution in [1.29, 1.82) is 0 Å². The fourth-order valence-electron chi connectivity index (χ4n) is 2.82. The molecule has 5 heteroatoms. The predicted octanol–water partition coefficient (Wildman–Crippen LogP) is 0.881. The number of aryl methyl sites for hydroxylation is 1. The van der Waals surface area contributed by atoms with E-state index in [1.165, 1.54) is 0 Å². The molecular formula is C15H18N2O3. The summed E-state index contributed by atoms with van der Waals surface area (Å²) in [5, 5.41) is 5.65. The maximum Gasteiger partial charge on any atom is 0.259 e. The molecule has 1 fully saturated rings. The Balaban J connectivity index is 1.63. The third-order valence-corrected chi connectivity index (χ3v) is 3.83. The van der Waals surface area contributed by atoms with Gasteiger partial charge in [0.25, 0.3) is 11.8 Å². The molecule has 0 bridgehead atoms. The van der Waals surface area contributed by atoms with Crippen LogP contribution in [0.25, 0.3) is 0 Å². The lowest BCUT2D eigenvalue weighted by atomic mass is 9.97. The summed E-state index contributed by atoms with van der Waals surface area (Å²) in [5.41, 5.74) is 2.01. The minimum atomic E-state index is -0.285. The van der Waals surface area contributed by atoms with E-state index in [0.29, 0.717) is 11.1 Å². The second-order valence-electron chi connectivity index (χ2n) is 5.21. The molecule has 0 saturated carbocycles. The predicted molar refractivity (Wildman–Crippen MR) is 73.8 cm³/mol. The number of hydrogen-bond acceptors (Lipinski definition) is 4. The third-order valence-electron chi connectivity index (χ3n) is 3.83. The zero-order valence-electron chi connectivity index (χ0n) is 11.3. The van der Waals surface area contributed by atoms with Gasteiger partial charge >= 0.3 is 0 Å². The number of imide groups is 1. The van der Waals surface area contributed by atoms with Gasteiger partial charge in [-0.1, -0.05) is 12.1 Å². The monoisotopic (exact) mass is 274 g/mol. The normalized spacial score (nSPS) is 21.7. The van der Waals surface area contributed by atoms with Gasteiger partial charge in [0, 0.05) is 13.1 Å². The highest BCUT2D eigenvalue weighted by Crippen LogP contribution is 2.22. The van der Waals surface area contributed by atoms with E-state index < -0.39 is 0 Å². The number of benzene rings is 1. The zero-order chi connectivity index (χ0) is 13.9. The van der Waals surface area contributed by atoms with Gasteiger partial charge in [0.2, 0.25) is 0 Å². The van der Waals surface area contributed by atoms with Crippen LogP contribution in [-0.4, -0.2) is 37.6 Å². The summed E-state index contributed by atoms with van der Waals surface area (Å²) >= 11 is 0. The van der Waals surface area contributed by atoms with Crippen LogP contribution in [0, 0.1) is 0 Å². The molecule has 2 aliphatic heterocycles. The summed E-state index contributed by atoms with van der Waals surface area (Å²) in [6.45, 7) is 2.58. The molecule has 2 amide bonds. The highest BCUT2D eigenvalue weighted by atomic mass is 16.5. The fraction of sp³-hybridized carbons (Fsp3) is 0.467. The van der Waals surface area contributed by atoms with Gasteiger partial charge in [-0.05, 0) is 30.9 Å². The van der Waals surface area contributed by atoms with Crippen molar-refractivity contribution in [1.82, 2.24) is 10.6 Å². The molecule has 0 spiro atoms. The average Bonchev–Trinajstić information content (AvgIpc) is 2.76. The van der Waals surface area contributed by atoms with Crippen molar-refractivity contribution in [2.75, 3.05) is 19.7 Å². The second-order valence-corrected chi connectivity index (χ2v) is 5.21. The fourth-order valence-corrected chi connectivity index (χ4v) is 2.82. The van der Waals surface area contributed by atoms with E-state index >= 15 is 0 Å². The highest BCUT2D eigenvalue weighted by Gasteiger charge is 2.28. The molecule has 1 unspecified atom stereocenters. The molecule has 106 valence electrons. The van der Waals surface area contributed by atoms with Gasteiger partial charge in [0.05, 0.1) is 23.8 Å². The highest BCUT2D eigenvalue weighted by molar-refractivity contribution is 6.22. The van der Waals surface area contributed by atoms with Crippen molar-refractivity contribution in [2.45, 2.75) is 25.4 Å². The summed E-state index contributed by atoms with van der Waals surface area (Å²) in [4.78, 5) is 23.4. The summed E-state index contributed by atoms with van der Waals surface area (Å²) < 4.78 is 5.65. The van der Waals surface area contributed by atoms with E-state index in [9.17, 15) is 9.59 Å². The Hall–Kier alpha value is -1.72. The first-order valence-corrected chi connectivity index (χ1v) is 7.05. The van der Waals surface area contributed by atoms with Crippen LogP contribution < -0.4 is 10.6 Å². The van der Waals surface area contributed by atoms with E-state index in [2.05, 4.69) is 10.6 Å². The Morgan fingerprint density at radius 3 is 2.95 bits per heavy atom. The SMILES string of the molecule is O=C1NC(=O)c2c(CCCC3CNCCO3)cccc21. The molecule has 1 aromatic rings. The van der Waals surface area contributed by atoms with Crippen molar-refractivity contribution in [2.24, 2.45) is 0 Å². The lowest BCUT2D eigenvalue weighted by Gasteiger charge is -2.23. The molecule has 0 aromatic heterocycles. The lowest BCUT2D eigenvalue weighted by Crippen LogP contribution is -2.38. The second kappa shape index (κ2) is 5.73. The van der Waals surface area contributed by atoms with Gasteiger partial charge in [-0.25, -0.2) is 0 Å². The summed E-state index contributed by atoms with van der Waals surface area (Å²) in [6.07, 6.45) is 2.97. The van der Waals surface area contributed by atoms with Gasteiger partial charge in [-0.15, -0.1) is 0 Å². The summed E-state index contributed by atoms with van der Waals surface area (Å²) in [5.74, 6) is -0.553. The number of ether oxygens (including phenoxy) is 1. The first kappa shape index (κ1) is 13.3. The Morgan fingerprint density at radius 1 is 1.25 bits per heavy atom. The topological polar surface area (TPSA) is 67.4 Å². The quantitative estimate of drug-likeness (QED) is 0.800. The van der Waals surface area contributed by atoms with Crippen molar-refractivity contribution in [3.8, 4) is 0 Å². The largest absolute Gasteiger partial charge is 0.376 e. The van der Waals surface area contributed by atoms with Crippen molar-refractivity contribution < 1.29 is 14.3 Å². The molecule has 20 heavy (non-hydrogen) atoms. The number of fused-ring (bicyclic) bond motifs is 1. The van der Waals surface area contributed by atoms with Gasteiger partial charge in [0.1, 0.15) is 0 Å². The van der Waals surface area contributed by atoms with E-state index in [0.717, 1.165) is 44.5 Å². The van der Waals surface area contributed by atoms with Crippen LogP contribution in [0.4, 0.5) is 0 Å². The molecule has 1 aromatic carbocycles. The van der Waals surface area contributed by atoms with Gasteiger partial charge in [-0.2, -0.15) is 0 Å². The Bertz CT molecular complexity index is 536. The van der Waals surface area contributed by atoms with Crippen LogP contribution in [0.5, 0.6) is 0 Å². The number of morpholine rings is 1. The zero-order valence-corrected chi connectivity index (χ0v) is 11.3. The summed E-state index contributed by atoms with van der Waals surface area (Å²) in [6, 6.07) is 5.47. The third kappa shape index (κ3) is 2.59.